The van der Waals surface area contributed by atoms with Gasteiger partial charge in [-0.25, -0.2) is 0 Å². The first-order valence-electron chi connectivity index (χ1n) is 11.1. The van der Waals surface area contributed by atoms with Gasteiger partial charge in [0.15, 0.2) is 5.84 Å². The number of thioether (sulfide) groups is 1. The van der Waals surface area contributed by atoms with E-state index in [0.717, 1.165) is 53.4 Å². The number of nitrogens with zero attached hydrogens (tertiary/aromatic N) is 4. The van der Waals surface area contributed by atoms with Crippen molar-refractivity contribution >= 4 is 39.8 Å². The highest BCUT2D eigenvalue weighted by Crippen LogP contribution is 2.31. The number of hydrazone groups is 1. The molecule has 7 heteroatoms. The number of aromatic nitrogens is 1. The second kappa shape index (κ2) is 8.90. The third-order valence-electron chi connectivity index (χ3n) is 5.85. The molecule has 0 saturated carbocycles. The number of fused-ring (bicyclic) bond motifs is 1. The van der Waals surface area contributed by atoms with Crippen LogP contribution in [0.5, 0.6) is 0 Å². The molecule has 32 heavy (non-hydrogen) atoms. The third kappa shape index (κ3) is 4.09. The molecule has 0 radical (unpaired) electrons. The minimum absolute atomic E-state index is 0.0920. The summed E-state index contributed by atoms with van der Waals surface area (Å²) in [5.41, 5.74) is 6.83. The summed E-state index contributed by atoms with van der Waals surface area (Å²) in [4.78, 5) is 17.0. The van der Waals surface area contributed by atoms with Crippen LogP contribution in [0, 0.1) is 33.1 Å². The van der Waals surface area contributed by atoms with Crippen LogP contribution >= 0.6 is 11.8 Å². The summed E-state index contributed by atoms with van der Waals surface area (Å²) >= 11 is 1.40. The highest BCUT2D eigenvalue weighted by Gasteiger charge is 2.35. The van der Waals surface area contributed by atoms with E-state index in [4.69, 9.17) is 5.41 Å². The van der Waals surface area contributed by atoms with Crippen LogP contribution in [-0.2, 0) is 4.79 Å². The van der Waals surface area contributed by atoms with E-state index in [2.05, 4.69) is 66.6 Å². The number of aliphatic imine (C=N–C) groups is 1. The quantitative estimate of drug-likeness (QED) is 0.442. The molecule has 2 aromatic rings. The average molecular weight is 448 g/mol. The molecule has 1 N–H and O–H groups in total. The van der Waals surface area contributed by atoms with Crippen LogP contribution in [0.15, 0.2) is 39.9 Å². The zero-order valence-electron chi connectivity index (χ0n) is 19.3. The van der Waals surface area contributed by atoms with Crippen LogP contribution in [0.1, 0.15) is 60.7 Å². The molecule has 166 valence electrons. The molecule has 0 aliphatic carbocycles. The van der Waals surface area contributed by atoms with Gasteiger partial charge in [0.05, 0.1) is 5.57 Å². The summed E-state index contributed by atoms with van der Waals surface area (Å²) in [7, 11) is 0. The molecule has 4 rings (SSSR count). The van der Waals surface area contributed by atoms with Crippen molar-refractivity contribution in [3.63, 3.8) is 0 Å². The number of rotatable bonds is 6. The summed E-state index contributed by atoms with van der Waals surface area (Å²) in [6, 6.07) is 8.46. The number of unbranched alkanes of at least 4 members (excludes halogenated alkanes) is 2. The fourth-order valence-electron chi connectivity index (χ4n) is 4.18. The Balaban J connectivity index is 1.66. The van der Waals surface area contributed by atoms with E-state index in [-0.39, 0.29) is 17.3 Å². The Morgan fingerprint density at radius 2 is 1.91 bits per heavy atom. The lowest BCUT2D eigenvalue weighted by Gasteiger charge is -2.20. The zero-order valence-corrected chi connectivity index (χ0v) is 20.1. The van der Waals surface area contributed by atoms with Gasteiger partial charge in [0.1, 0.15) is 5.04 Å². The molecule has 1 aromatic carbocycles. The van der Waals surface area contributed by atoms with Crippen LogP contribution in [0.4, 0.5) is 0 Å². The molecule has 1 aromatic heterocycles. The molecule has 0 atom stereocenters. The Labute approximate surface area is 193 Å². The van der Waals surface area contributed by atoms with Gasteiger partial charge in [0.25, 0.3) is 5.91 Å². The Bertz CT molecular complexity index is 1200. The monoisotopic (exact) mass is 447 g/mol. The van der Waals surface area contributed by atoms with Crippen LogP contribution in [0.3, 0.4) is 0 Å². The van der Waals surface area contributed by atoms with Crippen LogP contribution in [-0.4, -0.2) is 31.5 Å². The highest BCUT2D eigenvalue weighted by molar-refractivity contribution is 8.26. The van der Waals surface area contributed by atoms with E-state index >= 15 is 0 Å². The smallest absolute Gasteiger partial charge is 0.283 e. The second-order valence-electron chi connectivity index (χ2n) is 8.42. The van der Waals surface area contributed by atoms with E-state index in [9.17, 15) is 4.79 Å². The van der Waals surface area contributed by atoms with Gasteiger partial charge in [-0.1, -0.05) is 37.5 Å². The summed E-state index contributed by atoms with van der Waals surface area (Å²) in [6.45, 7) is 10.5. The second-order valence-corrected chi connectivity index (χ2v) is 9.46. The van der Waals surface area contributed by atoms with Gasteiger partial charge in [-0.3, -0.25) is 10.2 Å². The van der Waals surface area contributed by atoms with Gasteiger partial charge in [-0.2, -0.15) is 15.1 Å². The normalized spacial score (nSPS) is 17.2. The van der Waals surface area contributed by atoms with Crippen molar-refractivity contribution in [3.8, 4) is 5.69 Å². The number of amidine groups is 2. The number of carbonyl (C=O) groups excluding carboxylic acids is 1. The lowest BCUT2D eigenvalue weighted by molar-refractivity contribution is -0.114. The van der Waals surface area contributed by atoms with Gasteiger partial charge in [0.2, 0.25) is 5.17 Å². The van der Waals surface area contributed by atoms with Crippen molar-refractivity contribution in [2.24, 2.45) is 10.1 Å². The molecule has 2 aliphatic heterocycles. The van der Waals surface area contributed by atoms with E-state index in [1.165, 1.54) is 27.9 Å². The standard InChI is InChI=1S/C25H29N5OS/c1-6-7-8-9-22-28-30-23(26)20(24(31)27-25(30)32-22)14-19-13-17(4)29(18(19)5)21-11-10-15(2)12-16(21)3/h10-14,26H,6-9H2,1-5H3. The fourth-order valence-corrected chi connectivity index (χ4v) is 5.10. The largest absolute Gasteiger partial charge is 0.318 e. The summed E-state index contributed by atoms with van der Waals surface area (Å²) in [5, 5.41) is 16.1. The molecule has 1 amide bonds. The molecule has 0 bridgehead atoms. The maximum Gasteiger partial charge on any atom is 0.283 e. The van der Waals surface area contributed by atoms with Crippen molar-refractivity contribution < 1.29 is 4.79 Å². The Morgan fingerprint density at radius 3 is 2.62 bits per heavy atom. The van der Waals surface area contributed by atoms with E-state index in [1.54, 1.807) is 6.08 Å². The van der Waals surface area contributed by atoms with Gasteiger partial charge in [0, 0.05) is 17.1 Å². The SMILES string of the molecule is CCCCCC1=NN2C(=N)C(=Cc3cc(C)n(-c4ccc(C)cc4C)c3C)C(=O)N=C2S1. The predicted molar refractivity (Wildman–Crippen MR) is 134 cm³/mol. The molecule has 0 saturated heterocycles. The number of amides is 1. The number of aryl methyl sites for hydroxylation is 3. The van der Waals surface area contributed by atoms with Crippen molar-refractivity contribution in [2.45, 2.75) is 60.3 Å². The first kappa shape index (κ1) is 22.3. The molecule has 0 unspecified atom stereocenters. The van der Waals surface area contributed by atoms with Gasteiger partial charge >= 0.3 is 0 Å². The van der Waals surface area contributed by atoms with Gasteiger partial charge in [-0.05, 0) is 81.6 Å². The predicted octanol–water partition coefficient (Wildman–Crippen LogP) is 5.91. The first-order chi connectivity index (χ1) is 15.3. The zero-order chi connectivity index (χ0) is 23.0. The van der Waals surface area contributed by atoms with Crippen molar-refractivity contribution in [3.05, 3.63) is 57.9 Å². The minimum atomic E-state index is -0.380. The summed E-state index contributed by atoms with van der Waals surface area (Å²) in [5.74, 6) is -0.288. The number of hydrogen-bond acceptors (Lipinski definition) is 4. The molecule has 0 fully saturated rings. The number of nitrogens with one attached hydrogen (secondary N) is 1. The molecular weight excluding hydrogens is 418 g/mol. The molecule has 6 nitrogen and oxygen atoms in total. The lowest BCUT2D eigenvalue weighted by atomic mass is 10.1. The number of hydrogen-bond donors (Lipinski definition) is 1. The topological polar surface area (TPSA) is 73.8 Å². The minimum Gasteiger partial charge on any atom is -0.318 e. The van der Waals surface area contributed by atoms with E-state index < -0.39 is 0 Å². The number of carbonyl (C=O) groups is 1. The highest BCUT2D eigenvalue weighted by atomic mass is 32.2. The van der Waals surface area contributed by atoms with Crippen molar-refractivity contribution in [2.75, 3.05) is 0 Å². The molecule has 0 spiro atoms. The third-order valence-corrected chi connectivity index (χ3v) is 6.82. The van der Waals surface area contributed by atoms with E-state index in [0.29, 0.717) is 5.17 Å². The maximum atomic E-state index is 12.8. The number of benzene rings is 1. The fraction of sp³-hybridized carbons (Fsp3) is 0.360. The summed E-state index contributed by atoms with van der Waals surface area (Å²) < 4.78 is 2.20. The molecule has 3 heterocycles. The van der Waals surface area contributed by atoms with Gasteiger partial charge < -0.3 is 4.57 Å². The van der Waals surface area contributed by atoms with Crippen molar-refractivity contribution in [1.29, 1.82) is 5.41 Å². The van der Waals surface area contributed by atoms with Gasteiger partial charge in [-0.15, -0.1) is 0 Å². The Morgan fingerprint density at radius 1 is 1.12 bits per heavy atom. The summed E-state index contributed by atoms with van der Waals surface area (Å²) in [6.07, 6.45) is 5.97. The van der Waals surface area contributed by atoms with Crippen LogP contribution in [0.2, 0.25) is 0 Å². The lowest BCUT2D eigenvalue weighted by Crippen LogP contribution is -2.35. The maximum absolute atomic E-state index is 12.8. The first-order valence-corrected chi connectivity index (χ1v) is 11.9. The van der Waals surface area contributed by atoms with E-state index in [1.807, 2.05) is 6.92 Å². The average Bonchev–Trinajstić information content (AvgIpc) is 3.26. The van der Waals surface area contributed by atoms with Crippen molar-refractivity contribution in [1.82, 2.24) is 9.58 Å². The Hall–Kier alpha value is -2.93. The molecule has 2 aliphatic rings. The Kier molecular flexibility index (Phi) is 6.20. The van der Waals surface area contributed by atoms with Crippen LogP contribution in [0.25, 0.3) is 11.8 Å². The van der Waals surface area contributed by atoms with Crippen LogP contribution < -0.4 is 0 Å². The molecular formula is C25H29N5OS.